The molecule has 2 saturated heterocycles. The number of likely N-dealkylation sites (tertiary alicyclic amines) is 1. The Balaban J connectivity index is 1.87. The summed E-state index contributed by atoms with van der Waals surface area (Å²) in [5.41, 5.74) is 1.22. The highest BCUT2D eigenvalue weighted by Gasteiger charge is 2.31. The van der Waals surface area contributed by atoms with Crippen molar-refractivity contribution < 1.29 is 4.79 Å². The third-order valence-corrected chi connectivity index (χ3v) is 4.64. The highest BCUT2D eigenvalue weighted by molar-refractivity contribution is 5.74. The molecule has 2 aliphatic rings. The second kappa shape index (κ2) is 6.02. The second-order valence-corrected chi connectivity index (χ2v) is 6.08. The molecule has 5 nitrogen and oxygen atoms in total. The van der Waals surface area contributed by atoms with E-state index in [0.29, 0.717) is 0 Å². The molecule has 0 bridgehead atoms. The number of piperazine rings is 1. The fraction of sp³-hybridized carbons (Fsp3) is 0.625. The lowest BCUT2D eigenvalue weighted by Crippen LogP contribution is -2.45. The fourth-order valence-electron chi connectivity index (χ4n) is 3.42. The minimum absolute atomic E-state index is 0.172. The van der Waals surface area contributed by atoms with Crippen molar-refractivity contribution in [3.63, 3.8) is 0 Å². The average molecular weight is 288 g/mol. The molecule has 1 amide bonds. The van der Waals surface area contributed by atoms with E-state index in [-0.39, 0.29) is 11.9 Å². The van der Waals surface area contributed by atoms with Crippen molar-refractivity contribution in [3.8, 4) is 0 Å². The standard InChI is InChI=1S/C16H24N4O/c1-13(21)20-8-4-6-15(20)14-5-3-7-17-16(14)19-11-9-18(2)10-12-19/h3,5,7,15H,4,6,8-12H2,1-2H3/t15-/m0/s1. The summed E-state index contributed by atoms with van der Waals surface area (Å²) < 4.78 is 0. The molecule has 3 heterocycles. The van der Waals surface area contributed by atoms with Gasteiger partial charge >= 0.3 is 0 Å². The molecule has 21 heavy (non-hydrogen) atoms. The van der Waals surface area contributed by atoms with Gasteiger partial charge in [-0.2, -0.15) is 0 Å². The van der Waals surface area contributed by atoms with Gasteiger partial charge in [0.15, 0.2) is 0 Å². The van der Waals surface area contributed by atoms with Gasteiger partial charge in [-0.05, 0) is 26.0 Å². The summed E-state index contributed by atoms with van der Waals surface area (Å²) in [6.07, 6.45) is 4.00. The van der Waals surface area contributed by atoms with Crippen LogP contribution in [0.15, 0.2) is 18.3 Å². The number of likely N-dealkylation sites (N-methyl/N-ethyl adjacent to an activating group) is 1. The van der Waals surface area contributed by atoms with Gasteiger partial charge in [0, 0.05) is 51.4 Å². The number of anilines is 1. The zero-order valence-electron chi connectivity index (χ0n) is 13.0. The number of aromatic nitrogens is 1. The zero-order chi connectivity index (χ0) is 14.8. The van der Waals surface area contributed by atoms with E-state index in [4.69, 9.17) is 0 Å². The Morgan fingerprint density at radius 3 is 2.71 bits per heavy atom. The molecule has 5 heteroatoms. The van der Waals surface area contributed by atoms with E-state index >= 15 is 0 Å². The van der Waals surface area contributed by atoms with E-state index in [0.717, 1.165) is 51.4 Å². The molecular formula is C16H24N4O. The van der Waals surface area contributed by atoms with Crippen molar-refractivity contribution in [2.24, 2.45) is 0 Å². The maximum atomic E-state index is 11.8. The molecule has 1 aromatic heterocycles. The van der Waals surface area contributed by atoms with Crippen molar-refractivity contribution in [2.45, 2.75) is 25.8 Å². The molecule has 0 spiro atoms. The van der Waals surface area contributed by atoms with Crippen LogP contribution in [0, 0.1) is 0 Å². The molecule has 1 aromatic rings. The highest BCUT2D eigenvalue weighted by Crippen LogP contribution is 2.36. The Labute approximate surface area is 126 Å². The van der Waals surface area contributed by atoms with Gasteiger partial charge in [0.1, 0.15) is 5.82 Å². The summed E-state index contributed by atoms with van der Waals surface area (Å²) >= 11 is 0. The Morgan fingerprint density at radius 2 is 2.00 bits per heavy atom. The number of carbonyl (C=O) groups is 1. The van der Waals surface area contributed by atoms with Gasteiger partial charge in [-0.15, -0.1) is 0 Å². The molecule has 0 N–H and O–H groups in total. The Kier molecular flexibility index (Phi) is 4.10. The predicted octanol–water partition coefficient (Wildman–Crippen LogP) is 1.52. The summed E-state index contributed by atoms with van der Waals surface area (Å²) in [5, 5.41) is 0. The van der Waals surface area contributed by atoms with E-state index in [2.05, 4.69) is 27.9 Å². The van der Waals surface area contributed by atoms with Gasteiger partial charge in [-0.3, -0.25) is 4.79 Å². The average Bonchev–Trinajstić information content (AvgIpc) is 2.98. The van der Waals surface area contributed by atoms with Crippen LogP contribution in [0.2, 0.25) is 0 Å². The molecule has 0 aromatic carbocycles. The lowest BCUT2D eigenvalue weighted by molar-refractivity contribution is -0.129. The van der Waals surface area contributed by atoms with Gasteiger partial charge in [-0.1, -0.05) is 6.07 Å². The van der Waals surface area contributed by atoms with Crippen LogP contribution in [-0.4, -0.2) is 60.5 Å². The number of hydrogen-bond acceptors (Lipinski definition) is 4. The highest BCUT2D eigenvalue weighted by atomic mass is 16.2. The molecule has 0 radical (unpaired) electrons. The van der Waals surface area contributed by atoms with Crippen LogP contribution in [0.3, 0.4) is 0 Å². The predicted molar refractivity (Wildman–Crippen MR) is 83.3 cm³/mol. The molecule has 0 saturated carbocycles. The maximum absolute atomic E-state index is 11.8. The molecule has 2 fully saturated rings. The number of carbonyl (C=O) groups excluding carboxylic acids is 1. The van der Waals surface area contributed by atoms with E-state index in [1.54, 1.807) is 6.92 Å². The molecule has 0 aliphatic carbocycles. The monoisotopic (exact) mass is 288 g/mol. The van der Waals surface area contributed by atoms with Gasteiger partial charge < -0.3 is 14.7 Å². The van der Waals surface area contributed by atoms with Crippen molar-refractivity contribution in [2.75, 3.05) is 44.7 Å². The molecule has 1 atom stereocenters. The number of amides is 1. The van der Waals surface area contributed by atoms with Crippen LogP contribution < -0.4 is 4.90 Å². The van der Waals surface area contributed by atoms with E-state index in [1.165, 1.54) is 5.56 Å². The number of rotatable bonds is 2. The summed E-state index contributed by atoms with van der Waals surface area (Å²) in [7, 11) is 2.16. The van der Waals surface area contributed by atoms with Crippen LogP contribution in [0.5, 0.6) is 0 Å². The Bertz CT molecular complexity index is 511. The van der Waals surface area contributed by atoms with E-state index in [1.807, 2.05) is 17.2 Å². The quantitative estimate of drug-likeness (QED) is 0.827. The smallest absolute Gasteiger partial charge is 0.219 e. The number of nitrogens with zero attached hydrogens (tertiary/aromatic N) is 4. The summed E-state index contributed by atoms with van der Waals surface area (Å²) in [6.45, 7) is 6.69. The minimum atomic E-state index is 0.172. The normalized spacial score (nSPS) is 23.6. The number of pyridine rings is 1. The topological polar surface area (TPSA) is 39.7 Å². The molecule has 0 unspecified atom stereocenters. The van der Waals surface area contributed by atoms with Crippen LogP contribution in [0.1, 0.15) is 31.4 Å². The number of hydrogen-bond donors (Lipinski definition) is 0. The summed E-state index contributed by atoms with van der Waals surface area (Å²) in [6, 6.07) is 4.34. The fourth-order valence-corrected chi connectivity index (χ4v) is 3.42. The van der Waals surface area contributed by atoms with Crippen molar-refractivity contribution >= 4 is 11.7 Å². The van der Waals surface area contributed by atoms with E-state index < -0.39 is 0 Å². The second-order valence-electron chi connectivity index (χ2n) is 6.08. The van der Waals surface area contributed by atoms with Crippen LogP contribution in [0.25, 0.3) is 0 Å². The first-order chi connectivity index (χ1) is 10.2. The lowest BCUT2D eigenvalue weighted by Gasteiger charge is -2.35. The van der Waals surface area contributed by atoms with Crippen LogP contribution in [-0.2, 0) is 4.79 Å². The van der Waals surface area contributed by atoms with Crippen LogP contribution >= 0.6 is 0 Å². The first kappa shape index (κ1) is 14.3. The first-order valence-electron chi connectivity index (χ1n) is 7.82. The maximum Gasteiger partial charge on any atom is 0.219 e. The van der Waals surface area contributed by atoms with Gasteiger partial charge in [0.2, 0.25) is 5.91 Å². The molecule has 2 aliphatic heterocycles. The van der Waals surface area contributed by atoms with Crippen molar-refractivity contribution in [3.05, 3.63) is 23.9 Å². The summed E-state index contributed by atoms with van der Waals surface area (Å²) in [4.78, 5) is 23.2. The van der Waals surface area contributed by atoms with Gasteiger partial charge in [0.25, 0.3) is 0 Å². The van der Waals surface area contributed by atoms with Crippen molar-refractivity contribution in [1.82, 2.24) is 14.8 Å². The third-order valence-electron chi connectivity index (χ3n) is 4.64. The van der Waals surface area contributed by atoms with E-state index in [9.17, 15) is 4.79 Å². The molecule has 114 valence electrons. The van der Waals surface area contributed by atoms with Gasteiger partial charge in [-0.25, -0.2) is 4.98 Å². The first-order valence-corrected chi connectivity index (χ1v) is 7.82. The summed E-state index contributed by atoms with van der Waals surface area (Å²) in [5.74, 6) is 1.24. The SMILES string of the molecule is CC(=O)N1CCC[C@H]1c1cccnc1N1CCN(C)CC1. The molecule has 3 rings (SSSR count). The Morgan fingerprint density at radius 1 is 1.24 bits per heavy atom. The minimum Gasteiger partial charge on any atom is -0.354 e. The third kappa shape index (κ3) is 2.88. The molecular weight excluding hydrogens is 264 g/mol. The van der Waals surface area contributed by atoms with Crippen molar-refractivity contribution in [1.29, 1.82) is 0 Å². The van der Waals surface area contributed by atoms with Gasteiger partial charge in [0.05, 0.1) is 6.04 Å². The largest absolute Gasteiger partial charge is 0.354 e. The lowest BCUT2D eigenvalue weighted by atomic mass is 10.0. The zero-order valence-corrected chi connectivity index (χ0v) is 13.0. The van der Waals surface area contributed by atoms with Crippen LogP contribution in [0.4, 0.5) is 5.82 Å². The Hall–Kier alpha value is -1.62.